The van der Waals surface area contributed by atoms with Crippen LogP contribution in [0.4, 0.5) is 0 Å². The average molecular weight is 751 g/mol. The molecule has 1 aliphatic carbocycles. The van der Waals surface area contributed by atoms with E-state index in [0.717, 1.165) is 77.8 Å². The van der Waals surface area contributed by atoms with Crippen molar-refractivity contribution in [3.63, 3.8) is 0 Å². The Hall–Kier alpha value is -7.88. The van der Waals surface area contributed by atoms with Crippen LogP contribution in [0.15, 0.2) is 211 Å². The third-order valence-electron chi connectivity index (χ3n) is 11.9. The highest BCUT2D eigenvalue weighted by Crippen LogP contribution is 2.50. The van der Waals surface area contributed by atoms with E-state index in [9.17, 15) is 0 Å². The smallest absolute Gasteiger partial charge is 0.160 e. The summed E-state index contributed by atoms with van der Waals surface area (Å²) in [6.45, 7) is 0. The maximum absolute atomic E-state index is 6.58. The van der Waals surface area contributed by atoms with Crippen molar-refractivity contribution < 1.29 is 4.42 Å². The zero-order chi connectivity index (χ0) is 38.9. The highest BCUT2D eigenvalue weighted by molar-refractivity contribution is 6.19. The summed E-state index contributed by atoms with van der Waals surface area (Å²) in [4.78, 5) is 10.7. The summed E-state index contributed by atoms with van der Waals surface area (Å²) >= 11 is 0. The summed E-state index contributed by atoms with van der Waals surface area (Å²) in [6.07, 6.45) is 0. The van der Waals surface area contributed by atoms with Gasteiger partial charge in [0.05, 0.1) is 11.4 Å². The Labute approximate surface area is 341 Å². The molecule has 274 valence electrons. The van der Waals surface area contributed by atoms with Gasteiger partial charge in [-0.05, 0) is 91.2 Å². The average Bonchev–Trinajstić information content (AvgIpc) is 3.86. The standard InChI is InChI=1S/C56H34N2O/c1-3-15-35(16-4-1)37-31-38(40-24-13-27-50-46-23-11-12-28-53(46)59-55(40)50)33-39(32-37)51-34-52(58-56(57-51)36-17-5-2-6-18-36)45-22-10-9-19-41(45)44-29-30-49-43-21-8-7-20-42(43)47-25-14-26-48(44)54(47)49/h1-34H. The lowest BCUT2D eigenvalue weighted by atomic mass is 9.90. The Balaban J connectivity index is 1.08. The second-order valence-corrected chi connectivity index (χ2v) is 15.3. The SMILES string of the molecule is c1ccc(-c2cc(-c3cc(-c4ccccc4-c4ccc5c6c(cccc46)-c4ccccc4-5)nc(-c4ccccc4)n3)cc(-c3cccc4c3oc3ccccc34)c2)cc1. The minimum Gasteiger partial charge on any atom is -0.455 e. The molecule has 2 aromatic heterocycles. The van der Waals surface area contributed by atoms with Gasteiger partial charge in [0.1, 0.15) is 11.2 Å². The largest absolute Gasteiger partial charge is 0.455 e. The fourth-order valence-electron chi connectivity index (χ4n) is 9.14. The molecule has 11 aromatic rings. The van der Waals surface area contributed by atoms with Crippen molar-refractivity contribution in [1.82, 2.24) is 9.97 Å². The molecule has 0 saturated heterocycles. The molecule has 3 heteroatoms. The number of rotatable bonds is 6. The number of nitrogens with zero attached hydrogens (tertiary/aromatic N) is 2. The molecule has 0 fully saturated rings. The number of fused-ring (bicyclic) bond motifs is 6. The van der Waals surface area contributed by atoms with E-state index in [1.807, 2.05) is 30.3 Å². The first-order valence-corrected chi connectivity index (χ1v) is 20.1. The van der Waals surface area contributed by atoms with Gasteiger partial charge in [0.25, 0.3) is 0 Å². The van der Waals surface area contributed by atoms with Gasteiger partial charge in [-0.1, -0.05) is 176 Å². The topological polar surface area (TPSA) is 38.9 Å². The lowest BCUT2D eigenvalue weighted by Gasteiger charge is -2.16. The number of hydrogen-bond donors (Lipinski definition) is 0. The summed E-state index contributed by atoms with van der Waals surface area (Å²) in [5.41, 5.74) is 18.3. The summed E-state index contributed by atoms with van der Waals surface area (Å²) in [7, 11) is 0. The van der Waals surface area contributed by atoms with Crippen molar-refractivity contribution >= 4 is 32.7 Å². The normalized spacial score (nSPS) is 11.7. The van der Waals surface area contributed by atoms with Crippen molar-refractivity contribution in [1.29, 1.82) is 0 Å². The summed E-state index contributed by atoms with van der Waals surface area (Å²) < 4.78 is 6.58. The number of furan rings is 1. The molecule has 0 saturated carbocycles. The van der Waals surface area contributed by atoms with Crippen molar-refractivity contribution in [2.75, 3.05) is 0 Å². The predicted molar refractivity (Wildman–Crippen MR) is 244 cm³/mol. The first-order chi connectivity index (χ1) is 29.2. The Morgan fingerprint density at radius 3 is 1.59 bits per heavy atom. The van der Waals surface area contributed by atoms with E-state index in [1.165, 1.54) is 38.6 Å². The van der Waals surface area contributed by atoms with Gasteiger partial charge in [-0.3, -0.25) is 0 Å². The van der Waals surface area contributed by atoms with E-state index in [4.69, 9.17) is 14.4 Å². The van der Waals surface area contributed by atoms with Gasteiger partial charge in [0.15, 0.2) is 5.82 Å². The molecule has 59 heavy (non-hydrogen) atoms. The second-order valence-electron chi connectivity index (χ2n) is 15.3. The minimum atomic E-state index is 0.676. The maximum atomic E-state index is 6.58. The zero-order valence-corrected chi connectivity index (χ0v) is 31.9. The van der Waals surface area contributed by atoms with Crippen LogP contribution in [0, 0.1) is 0 Å². The van der Waals surface area contributed by atoms with Crippen molar-refractivity contribution in [2.45, 2.75) is 0 Å². The van der Waals surface area contributed by atoms with Gasteiger partial charge < -0.3 is 4.42 Å². The van der Waals surface area contributed by atoms with Crippen LogP contribution in [-0.2, 0) is 0 Å². The van der Waals surface area contributed by atoms with Gasteiger partial charge in [-0.15, -0.1) is 0 Å². The molecule has 0 radical (unpaired) electrons. The highest BCUT2D eigenvalue weighted by atomic mass is 16.3. The van der Waals surface area contributed by atoms with Crippen LogP contribution in [0.5, 0.6) is 0 Å². The van der Waals surface area contributed by atoms with E-state index in [-0.39, 0.29) is 0 Å². The molecule has 0 unspecified atom stereocenters. The molecular weight excluding hydrogens is 717 g/mol. The van der Waals surface area contributed by atoms with Crippen LogP contribution in [0.1, 0.15) is 0 Å². The molecule has 0 spiro atoms. The first-order valence-electron chi connectivity index (χ1n) is 20.1. The molecule has 0 aliphatic heterocycles. The Morgan fingerprint density at radius 1 is 0.288 bits per heavy atom. The lowest BCUT2D eigenvalue weighted by Crippen LogP contribution is -1.98. The number of para-hydroxylation sites is 2. The number of hydrogen-bond acceptors (Lipinski definition) is 3. The molecule has 1 aliphatic rings. The van der Waals surface area contributed by atoms with E-state index in [1.54, 1.807) is 0 Å². The lowest BCUT2D eigenvalue weighted by molar-refractivity contribution is 0.670. The fraction of sp³-hybridized carbons (Fsp3) is 0. The third kappa shape index (κ3) is 5.44. The van der Waals surface area contributed by atoms with Crippen LogP contribution in [0.2, 0.25) is 0 Å². The summed E-state index contributed by atoms with van der Waals surface area (Å²) in [6, 6.07) is 73.2. The van der Waals surface area contributed by atoms with Gasteiger partial charge in [0, 0.05) is 33.0 Å². The third-order valence-corrected chi connectivity index (χ3v) is 11.9. The number of aromatic nitrogens is 2. The monoisotopic (exact) mass is 750 g/mol. The van der Waals surface area contributed by atoms with Crippen LogP contribution < -0.4 is 0 Å². The Kier molecular flexibility index (Phi) is 7.54. The molecular formula is C56H34N2O. The van der Waals surface area contributed by atoms with Crippen LogP contribution in [0.3, 0.4) is 0 Å². The molecule has 9 aromatic carbocycles. The van der Waals surface area contributed by atoms with Crippen molar-refractivity contribution in [3.8, 4) is 89.5 Å². The Morgan fingerprint density at radius 2 is 0.814 bits per heavy atom. The summed E-state index contributed by atoms with van der Waals surface area (Å²) in [5.74, 6) is 0.676. The van der Waals surface area contributed by atoms with Crippen molar-refractivity contribution in [3.05, 3.63) is 206 Å². The molecule has 12 rings (SSSR count). The quantitative estimate of drug-likeness (QED) is 0.170. The van der Waals surface area contributed by atoms with Crippen LogP contribution in [0.25, 0.3) is 122 Å². The minimum absolute atomic E-state index is 0.676. The molecule has 0 bridgehead atoms. The molecule has 2 heterocycles. The van der Waals surface area contributed by atoms with Gasteiger partial charge in [-0.2, -0.15) is 0 Å². The molecule has 0 atom stereocenters. The van der Waals surface area contributed by atoms with Gasteiger partial charge in [-0.25, -0.2) is 9.97 Å². The molecule has 0 amide bonds. The van der Waals surface area contributed by atoms with Crippen molar-refractivity contribution in [2.24, 2.45) is 0 Å². The van der Waals surface area contributed by atoms with Crippen LogP contribution >= 0.6 is 0 Å². The number of benzene rings is 9. The first kappa shape index (κ1) is 33.3. The molecule has 0 N–H and O–H groups in total. The zero-order valence-electron chi connectivity index (χ0n) is 31.9. The van der Waals surface area contributed by atoms with Gasteiger partial charge in [0.2, 0.25) is 0 Å². The van der Waals surface area contributed by atoms with E-state index in [2.05, 4.69) is 176 Å². The van der Waals surface area contributed by atoms with E-state index < -0.39 is 0 Å². The Bertz CT molecular complexity index is 3410. The molecule has 3 nitrogen and oxygen atoms in total. The van der Waals surface area contributed by atoms with E-state index >= 15 is 0 Å². The van der Waals surface area contributed by atoms with Gasteiger partial charge >= 0.3 is 0 Å². The predicted octanol–water partition coefficient (Wildman–Crippen LogP) is 15.2. The fourth-order valence-corrected chi connectivity index (χ4v) is 9.14. The highest BCUT2D eigenvalue weighted by Gasteiger charge is 2.24. The second kappa shape index (κ2) is 13.4. The summed E-state index contributed by atoms with van der Waals surface area (Å²) in [5, 5.41) is 4.75. The van der Waals surface area contributed by atoms with E-state index in [0.29, 0.717) is 5.82 Å². The van der Waals surface area contributed by atoms with Crippen LogP contribution in [-0.4, -0.2) is 9.97 Å². The maximum Gasteiger partial charge on any atom is 0.160 e.